The van der Waals surface area contributed by atoms with Gasteiger partial charge < -0.3 is 4.74 Å². The first kappa shape index (κ1) is 16.5. The number of aromatic nitrogens is 1. The minimum absolute atomic E-state index is 0.467. The van der Waals surface area contributed by atoms with Gasteiger partial charge in [-0.1, -0.05) is 38.5 Å². The first-order valence-electron chi connectivity index (χ1n) is 7.40. The van der Waals surface area contributed by atoms with Crippen LogP contribution in [0, 0.1) is 5.92 Å². The third-order valence-electron chi connectivity index (χ3n) is 3.32. The van der Waals surface area contributed by atoms with Crippen LogP contribution in [0.5, 0.6) is 0 Å². The van der Waals surface area contributed by atoms with Gasteiger partial charge in [-0.2, -0.15) is 0 Å². The Kier molecular flexibility index (Phi) is 6.68. The van der Waals surface area contributed by atoms with Crippen LogP contribution in [0.4, 0.5) is 0 Å². The molecule has 0 amide bonds. The molecule has 0 radical (unpaired) electrons. The average Bonchev–Trinajstić information content (AvgIpc) is 2.97. The summed E-state index contributed by atoms with van der Waals surface area (Å²) in [4.78, 5) is 4.52. The van der Waals surface area contributed by atoms with E-state index in [4.69, 9.17) is 16.3 Å². The van der Waals surface area contributed by atoms with E-state index in [1.54, 1.807) is 11.3 Å². The van der Waals surface area contributed by atoms with Crippen molar-refractivity contribution < 1.29 is 4.74 Å². The maximum absolute atomic E-state index is 5.81. The summed E-state index contributed by atoms with van der Waals surface area (Å²) < 4.78 is 5.81. The van der Waals surface area contributed by atoms with E-state index in [0.29, 0.717) is 18.4 Å². The van der Waals surface area contributed by atoms with Gasteiger partial charge in [0.2, 0.25) is 0 Å². The molecule has 0 aliphatic carbocycles. The van der Waals surface area contributed by atoms with Crippen LogP contribution in [0.3, 0.4) is 0 Å². The van der Waals surface area contributed by atoms with Crippen LogP contribution in [0.15, 0.2) is 29.6 Å². The molecule has 1 heterocycles. The Morgan fingerprint density at radius 1 is 1.38 bits per heavy atom. The van der Waals surface area contributed by atoms with Crippen LogP contribution in [-0.4, -0.2) is 11.6 Å². The van der Waals surface area contributed by atoms with Gasteiger partial charge >= 0.3 is 0 Å². The fraction of sp³-hybridized carbons (Fsp3) is 0.471. The number of thiazole rings is 1. The molecule has 0 aliphatic heterocycles. The molecule has 0 saturated heterocycles. The Hall–Kier alpha value is -0.900. The molecule has 2 aromatic rings. The largest absolute Gasteiger partial charge is 0.376 e. The summed E-state index contributed by atoms with van der Waals surface area (Å²) in [7, 11) is 0. The maximum Gasteiger partial charge on any atom is 0.123 e. The minimum Gasteiger partial charge on any atom is -0.376 e. The topological polar surface area (TPSA) is 22.1 Å². The second kappa shape index (κ2) is 8.52. The molecule has 2 nitrogen and oxygen atoms in total. The standard InChI is InChI=1S/C17H22ClNOS/c1-3-5-13(2)10-20-11-14-6-4-7-15(8-14)17-19-16(9-18)12-21-17/h4,6-8,12-13H,3,5,9-11H2,1-2H3. The molecule has 1 aromatic carbocycles. The van der Waals surface area contributed by atoms with Crippen molar-refractivity contribution in [1.82, 2.24) is 4.98 Å². The van der Waals surface area contributed by atoms with Crippen LogP contribution in [0.2, 0.25) is 0 Å². The zero-order valence-electron chi connectivity index (χ0n) is 12.6. The summed E-state index contributed by atoms with van der Waals surface area (Å²) >= 11 is 7.44. The van der Waals surface area contributed by atoms with E-state index in [0.717, 1.165) is 22.9 Å². The SMILES string of the molecule is CCCC(C)COCc1cccc(-c2nc(CCl)cs2)c1. The Bertz CT molecular complexity index is 555. The predicted molar refractivity (Wildman–Crippen MR) is 90.8 cm³/mol. The van der Waals surface area contributed by atoms with Crippen molar-refractivity contribution in [3.63, 3.8) is 0 Å². The van der Waals surface area contributed by atoms with Gasteiger partial charge in [0.05, 0.1) is 18.2 Å². The van der Waals surface area contributed by atoms with Crippen molar-refractivity contribution in [3.05, 3.63) is 40.9 Å². The zero-order valence-corrected chi connectivity index (χ0v) is 14.2. The number of nitrogens with zero attached hydrogens (tertiary/aromatic N) is 1. The van der Waals surface area contributed by atoms with Crippen molar-refractivity contribution in [1.29, 1.82) is 0 Å². The molecular weight excluding hydrogens is 302 g/mol. The van der Waals surface area contributed by atoms with E-state index in [1.807, 2.05) is 5.38 Å². The van der Waals surface area contributed by atoms with Crippen molar-refractivity contribution in [2.45, 2.75) is 39.2 Å². The molecule has 21 heavy (non-hydrogen) atoms. The summed E-state index contributed by atoms with van der Waals surface area (Å²) in [5, 5.41) is 3.03. The highest BCUT2D eigenvalue weighted by Crippen LogP contribution is 2.25. The first-order chi connectivity index (χ1) is 10.2. The smallest absolute Gasteiger partial charge is 0.123 e. The van der Waals surface area contributed by atoms with E-state index in [2.05, 4.69) is 43.1 Å². The molecule has 0 fully saturated rings. The fourth-order valence-corrected chi connectivity index (χ4v) is 3.29. The van der Waals surface area contributed by atoms with Crippen LogP contribution in [0.25, 0.3) is 10.6 Å². The Morgan fingerprint density at radius 3 is 2.95 bits per heavy atom. The number of halogens is 1. The monoisotopic (exact) mass is 323 g/mol. The number of rotatable bonds is 8. The second-order valence-electron chi connectivity index (χ2n) is 5.39. The summed E-state index contributed by atoms with van der Waals surface area (Å²) in [6.07, 6.45) is 2.44. The quantitative estimate of drug-likeness (QED) is 0.598. The summed E-state index contributed by atoms with van der Waals surface area (Å²) in [6.45, 7) is 5.94. The zero-order chi connectivity index (χ0) is 15.1. The van der Waals surface area contributed by atoms with Gasteiger partial charge in [0.1, 0.15) is 5.01 Å². The van der Waals surface area contributed by atoms with Crippen LogP contribution >= 0.6 is 22.9 Å². The normalized spacial score (nSPS) is 12.5. The van der Waals surface area contributed by atoms with Crippen LogP contribution in [0.1, 0.15) is 37.9 Å². The van der Waals surface area contributed by atoms with Gasteiger partial charge in [0.15, 0.2) is 0 Å². The highest BCUT2D eigenvalue weighted by Gasteiger charge is 2.06. The molecule has 0 spiro atoms. The fourth-order valence-electron chi connectivity index (χ4n) is 2.25. The molecule has 0 N–H and O–H groups in total. The van der Waals surface area contributed by atoms with Crippen molar-refractivity contribution >= 4 is 22.9 Å². The average molecular weight is 324 g/mol. The van der Waals surface area contributed by atoms with Gasteiger partial charge in [-0.3, -0.25) is 0 Å². The lowest BCUT2D eigenvalue weighted by molar-refractivity contribution is 0.0894. The van der Waals surface area contributed by atoms with E-state index in [-0.39, 0.29) is 0 Å². The summed E-state index contributed by atoms with van der Waals surface area (Å²) in [5.41, 5.74) is 3.27. The molecule has 0 saturated carbocycles. The summed E-state index contributed by atoms with van der Waals surface area (Å²) in [5.74, 6) is 1.10. The molecule has 0 bridgehead atoms. The number of alkyl halides is 1. The molecule has 1 aromatic heterocycles. The predicted octanol–water partition coefficient (Wildman–Crippen LogP) is 5.50. The van der Waals surface area contributed by atoms with Crippen molar-refractivity contribution in [2.75, 3.05) is 6.61 Å². The molecule has 4 heteroatoms. The molecular formula is C17H22ClNOS. The lowest BCUT2D eigenvalue weighted by Gasteiger charge is -2.11. The van der Waals surface area contributed by atoms with E-state index >= 15 is 0 Å². The third kappa shape index (κ3) is 5.10. The minimum atomic E-state index is 0.467. The van der Waals surface area contributed by atoms with Crippen LogP contribution < -0.4 is 0 Å². The van der Waals surface area contributed by atoms with Crippen LogP contribution in [-0.2, 0) is 17.2 Å². The highest BCUT2D eigenvalue weighted by atomic mass is 35.5. The lowest BCUT2D eigenvalue weighted by atomic mass is 10.1. The van der Waals surface area contributed by atoms with Gasteiger partial charge in [-0.15, -0.1) is 22.9 Å². The molecule has 0 aliphatic rings. The second-order valence-corrected chi connectivity index (χ2v) is 6.51. The molecule has 114 valence electrons. The van der Waals surface area contributed by atoms with Crippen molar-refractivity contribution in [2.24, 2.45) is 5.92 Å². The Labute approximate surface area is 136 Å². The number of ether oxygens (including phenoxy) is 1. The summed E-state index contributed by atoms with van der Waals surface area (Å²) in [6, 6.07) is 8.40. The van der Waals surface area contributed by atoms with Gasteiger partial charge in [-0.05, 0) is 24.0 Å². The number of hydrogen-bond donors (Lipinski definition) is 0. The van der Waals surface area contributed by atoms with E-state index in [1.165, 1.54) is 18.4 Å². The van der Waals surface area contributed by atoms with E-state index < -0.39 is 0 Å². The van der Waals surface area contributed by atoms with E-state index in [9.17, 15) is 0 Å². The van der Waals surface area contributed by atoms with Gasteiger partial charge in [0, 0.05) is 17.6 Å². The molecule has 1 atom stereocenters. The lowest BCUT2D eigenvalue weighted by Crippen LogP contribution is -2.05. The van der Waals surface area contributed by atoms with Gasteiger partial charge in [-0.25, -0.2) is 4.98 Å². The molecule has 2 rings (SSSR count). The molecule has 1 unspecified atom stereocenters. The van der Waals surface area contributed by atoms with Gasteiger partial charge in [0.25, 0.3) is 0 Å². The number of benzene rings is 1. The Balaban J connectivity index is 1.94. The maximum atomic E-state index is 5.81. The Morgan fingerprint density at radius 2 is 2.24 bits per heavy atom. The number of hydrogen-bond acceptors (Lipinski definition) is 3. The third-order valence-corrected chi connectivity index (χ3v) is 4.53. The first-order valence-corrected chi connectivity index (χ1v) is 8.81. The van der Waals surface area contributed by atoms with Crippen molar-refractivity contribution in [3.8, 4) is 10.6 Å². The highest BCUT2D eigenvalue weighted by molar-refractivity contribution is 7.13.